The van der Waals surface area contributed by atoms with Crippen LogP contribution < -0.4 is 10.2 Å². The summed E-state index contributed by atoms with van der Waals surface area (Å²) >= 11 is 1.73. The smallest absolute Gasteiger partial charge is 0.234 e. The van der Waals surface area contributed by atoms with E-state index in [-0.39, 0.29) is 5.91 Å². The van der Waals surface area contributed by atoms with Crippen molar-refractivity contribution in [3.8, 4) is 0 Å². The van der Waals surface area contributed by atoms with E-state index in [0.717, 1.165) is 18.5 Å². The van der Waals surface area contributed by atoms with E-state index in [1.54, 1.807) is 11.3 Å². The summed E-state index contributed by atoms with van der Waals surface area (Å²) in [5.74, 6) is 0.105. The summed E-state index contributed by atoms with van der Waals surface area (Å²) in [6.45, 7) is 2.07. The Morgan fingerprint density at radius 2 is 2.08 bits per heavy atom. The van der Waals surface area contributed by atoms with E-state index in [1.807, 2.05) is 14.1 Å². The first-order valence-corrected chi connectivity index (χ1v) is 9.37. The van der Waals surface area contributed by atoms with Gasteiger partial charge in [-0.3, -0.25) is 9.69 Å². The third-order valence-electron chi connectivity index (χ3n) is 4.58. The zero-order valence-corrected chi connectivity index (χ0v) is 15.2. The lowest BCUT2D eigenvalue weighted by atomic mass is 10.1. The third-order valence-corrected chi connectivity index (χ3v) is 5.28. The van der Waals surface area contributed by atoms with E-state index < -0.39 is 0 Å². The second kappa shape index (κ2) is 7.81. The van der Waals surface area contributed by atoms with Gasteiger partial charge in [0.25, 0.3) is 0 Å². The Morgan fingerprint density at radius 3 is 2.75 bits per heavy atom. The van der Waals surface area contributed by atoms with E-state index in [9.17, 15) is 4.79 Å². The summed E-state index contributed by atoms with van der Waals surface area (Å²) < 4.78 is 0. The van der Waals surface area contributed by atoms with Crippen molar-refractivity contribution < 1.29 is 4.79 Å². The predicted molar refractivity (Wildman–Crippen MR) is 100 cm³/mol. The molecule has 0 bridgehead atoms. The maximum atomic E-state index is 12.3. The van der Waals surface area contributed by atoms with Gasteiger partial charge in [0, 0.05) is 32.4 Å². The monoisotopic (exact) mass is 343 g/mol. The Hall–Kier alpha value is -1.85. The molecule has 0 saturated carbocycles. The topological polar surface area (TPSA) is 35.6 Å². The fourth-order valence-electron chi connectivity index (χ4n) is 3.21. The maximum Gasteiger partial charge on any atom is 0.234 e. The summed E-state index contributed by atoms with van der Waals surface area (Å²) in [4.78, 5) is 16.7. The van der Waals surface area contributed by atoms with Crippen LogP contribution in [0.3, 0.4) is 0 Å². The minimum absolute atomic E-state index is 0.105. The van der Waals surface area contributed by atoms with Gasteiger partial charge in [-0.1, -0.05) is 12.1 Å². The van der Waals surface area contributed by atoms with Gasteiger partial charge in [-0.25, -0.2) is 0 Å². The number of rotatable bonds is 6. The van der Waals surface area contributed by atoms with Crippen LogP contribution in [0.4, 0.5) is 5.69 Å². The van der Waals surface area contributed by atoms with Crippen LogP contribution >= 0.6 is 11.3 Å². The number of carbonyl (C=O) groups is 1. The van der Waals surface area contributed by atoms with Crippen molar-refractivity contribution in [3.05, 3.63) is 52.2 Å². The first-order chi connectivity index (χ1) is 11.6. The van der Waals surface area contributed by atoms with Gasteiger partial charge in [0.2, 0.25) is 5.91 Å². The van der Waals surface area contributed by atoms with E-state index in [1.165, 1.54) is 17.7 Å². The largest absolute Gasteiger partial charge is 0.378 e. The third kappa shape index (κ3) is 4.16. The van der Waals surface area contributed by atoms with Gasteiger partial charge in [0.05, 0.1) is 6.54 Å². The number of amides is 1. The molecule has 1 unspecified atom stereocenters. The molecule has 1 amide bonds. The van der Waals surface area contributed by atoms with Crippen molar-refractivity contribution in [1.82, 2.24) is 10.2 Å². The summed E-state index contributed by atoms with van der Waals surface area (Å²) in [5, 5.41) is 7.36. The van der Waals surface area contributed by atoms with Gasteiger partial charge in [-0.2, -0.15) is 11.3 Å². The normalized spacial score (nSPS) is 17.8. The lowest BCUT2D eigenvalue weighted by molar-refractivity contribution is -0.122. The molecule has 1 N–H and O–H groups in total. The predicted octanol–water partition coefficient (Wildman–Crippen LogP) is 3.27. The van der Waals surface area contributed by atoms with Crippen molar-refractivity contribution >= 4 is 22.9 Å². The SMILES string of the molecule is CN(C)c1ccc(CNC(=O)CN2CCCC2c2ccsc2)cc1. The highest BCUT2D eigenvalue weighted by Crippen LogP contribution is 2.32. The molecule has 2 heterocycles. The van der Waals surface area contributed by atoms with Gasteiger partial charge < -0.3 is 10.2 Å². The van der Waals surface area contributed by atoms with Crippen LogP contribution in [0.1, 0.15) is 30.0 Å². The van der Waals surface area contributed by atoms with Crippen LogP contribution in [0.2, 0.25) is 0 Å². The van der Waals surface area contributed by atoms with Gasteiger partial charge >= 0.3 is 0 Å². The highest BCUT2D eigenvalue weighted by molar-refractivity contribution is 7.07. The molecular weight excluding hydrogens is 318 g/mol. The first kappa shape index (κ1) is 17.0. The van der Waals surface area contributed by atoms with Crippen molar-refractivity contribution in [2.24, 2.45) is 0 Å². The van der Waals surface area contributed by atoms with Gasteiger partial charge in [-0.15, -0.1) is 0 Å². The Bertz CT molecular complexity index is 652. The molecule has 2 aromatic rings. The van der Waals surface area contributed by atoms with E-state index >= 15 is 0 Å². The molecule has 0 spiro atoms. The molecule has 1 aromatic heterocycles. The first-order valence-electron chi connectivity index (χ1n) is 8.42. The second-order valence-corrected chi connectivity index (χ2v) is 7.30. The zero-order valence-electron chi connectivity index (χ0n) is 14.4. The van der Waals surface area contributed by atoms with Crippen molar-refractivity contribution in [2.45, 2.75) is 25.4 Å². The maximum absolute atomic E-state index is 12.3. The van der Waals surface area contributed by atoms with E-state index in [0.29, 0.717) is 19.1 Å². The van der Waals surface area contributed by atoms with Crippen LogP contribution in [-0.4, -0.2) is 38.0 Å². The Kier molecular flexibility index (Phi) is 5.53. The number of hydrogen-bond acceptors (Lipinski definition) is 4. The molecule has 1 fully saturated rings. The average Bonchev–Trinajstić information content (AvgIpc) is 3.24. The van der Waals surface area contributed by atoms with Crippen molar-refractivity contribution in [3.63, 3.8) is 0 Å². The van der Waals surface area contributed by atoms with Crippen molar-refractivity contribution in [1.29, 1.82) is 0 Å². The molecule has 1 aromatic carbocycles. The molecule has 5 heteroatoms. The number of nitrogens with zero attached hydrogens (tertiary/aromatic N) is 2. The molecule has 4 nitrogen and oxygen atoms in total. The zero-order chi connectivity index (χ0) is 16.9. The molecule has 3 rings (SSSR count). The van der Waals surface area contributed by atoms with Crippen LogP contribution in [-0.2, 0) is 11.3 Å². The Labute approximate surface area is 148 Å². The Balaban J connectivity index is 1.50. The minimum atomic E-state index is 0.105. The molecule has 24 heavy (non-hydrogen) atoms. The molecule has 1 aliphatic heterocycles. The van der Waals surface area contributed by atoms with E-state index in [2.05, 4.69) is 56.2 Å². The molecule has 1 saturated heterocycles. The highest BCUT2D eigenvalue weighted by atomic mass is 32.1. The summed E-state index contributed by atoms with van der Waals surface area (Å²) in [7, 11) is 4.05. The molecular formula is C19H25N3OS. The summed E-state index contributed by atoms with van der Waals surface area (Å²) in [6.07, 6.45) is 2.32. The second-order valence-electron chi connectivity index (χ2n) is 6.52. The number of thiophene rings is 1. The standard InChI is InChI=1S/C19H25N3OS/c1-21(2)17-7-5-15(6-8-17)12-20-19(23)13-22-10-3-4-18(22)16-9-11-24-14-16/h5-9,11,14,18H,3-4,10,12-13H2,1-2H3,(H,20,23). The highest BCUT2D eigenvalue weighted by Gasteiger charge is 2.27. The number of hydrogen-bond donors (Lipinski definition) is 1. The summed E-state index contributed by atoms with van der Waals surface area (Å²) in [6, 6.07) is 10.9. The lowest BCUT2D eigenvalue weighted by Gasteiger charge is -2.23. The van der Waals surface area contributed by atoms with Crippen LogP contribution in [0.25, 0.3) is 0 Å². The lowest BCUT2D eigenvalue weighted by Crippen LogP contribution is -2.36. The fourth-order valence-corrected chi connectivity index (χ4v) is 3.92. The van der Waals surface area contributed by atoms with Gasteiger partial charge in [-0.05, 0) is 59.5 Å². The van der Waals surface area contributed by atoms with Crippen LogP contribution in [0.15, 0.2) is 41.1 Å². The minimum Gasteiger partial charge on any atom is -0.378 e. The van der Waals surface area contributed by atoms with E-state index in [4.69, 9.17) is 0 Å². The average molecular weight is 343 g/mol. The molecule has 128 valence electrons. The number of anilines is 1. The number of carbonyl (C=O) groups excluding carboxylic acids is 1. The summed E-state index contributed by atoms with van der Waals surface area (Å²) in [5.41, 5.74) is 3.65. The molecule has 1 aliphatic rings. The fraction of sp³-hybridized carbons (Fsp3) is 0.421. The number of benzene rings is 1. The molecule has 1 atom stereocenters. The van der Waals surface area contributed by atoms with Gasteiger partial charge in [0.1, 0.15) is 0 Å². The van der Waals surface area contributed by atoms with Crippen LogP contribution in [0, 0.1) is 0 Å². The molecule has 0 radical (unpaired) electrons. The van der Waals surface area contributed by atoms with Crippen molar-refractivity contribution in [2.75, 3.05) is 32.1 Å². The Morgan fingerprint density at radius 1 is 1.29 bits per heavy atom. The van der Waals surface area contributed by atoms with Gasteiger partial charge in [0.15, 0.2) is 0 Å². The molecule has 0 aliphatic carbocycles. The number of likely N-dealkylation sites (tertiary alicyclic amines) is 1. The quantitative estimate of drug-likeness (QED) is 0.874. The van der Waals surface area contributed by atoms with Crippen LogP contribution in [0.5, 0.6) is 0 Å². The number of nitrogens with one attached hydrogen (secondary N) is 1.